The Morgan fingerprint density at radius 1 is 1.21 bits per heavy atom. The summed E-state index contributed by atoms with van der Waals surface area (Å²) in [5, 5.41) is 18.1. The molecular weight excluding hydrogens is 338 g/mol. The zero-order valence-corrected chi connectivity index (χ0v) is 13.2. The van der Waals surface area contributed by atoms with E-state index in [4.69, 9.17) is 9.88 Å². The molecule has 10 heteroatoms. The van der Waals surface area contributed by atoms with Crippen molar-refractivity contribution in [3.05, 3.63) is 58.1 Å². The maximum Gasteiger partial charge on any atom is 0.269 e. The molecule has 0 fully saturated rings. The van der Waals surface area contributed by atoms with E-state index in [1.807, 2.05) is 0 Å². The molecule has 0 unspecified atom stereocenters. The molecule has 0 aliphatic rings. The Balaban J connectivity index is 2.35. The van der Waals surface area contributed by atoms with Crippen LogP contribution in [0.4, 0.5) is 11.4 Å². The highest BCUT2D eigenvalue weighted by Gasteiger charge is 2.18. The van der Waals surface area contributed by atoms with Gasteiger partial charge < -0.3 is 10.1 Å². The van der Waals surface area contributed by atoms with Gasteiger partial charge in [0.15, 0.2) is 0 Å². The van der Waals surface area contributed by atoms with Gasteiger partial charge in [0.2, 0.25) is 10.0 Å². The molecule has 0 aliphatic heterocycles. The van der Waals surface area contributed by atoms with E-state index in [2.05, 4.69) is 5.32 Å². The smallest absolute Gasteiger partial charge is 0.269 e. The maximum absolute atomic E-state index is 12.2. The van der Waals surface area contributed by atoms with Gasteiger partial charge >= 0.3 is 0 Å². The molecule has 0 heterocycles. The number of nitrogens with one attached hydrogen (secondary N) is 1. The summed E-state index contributed by atoms with van der Waals surface area (Å²) in [6.45, 7) is 0. The van der Waals surface area contributed by atoms with Crippen LogP contribution in [-0.4, -0.2) is 26.4 Å². The van der Waals surface area contributed by atoms with Gasteiger partial charge in [-0.15, -0.1) is 0 Å². The van der Waals surface area contributed by atoms with Gasteiger partial charge in [-0.1, -0.05) is 0 Å². The second-order valence-electron chi connectivity index (χ2n) is 4.67. The molecule has 0 atom stereocenters. The number of primary sulfonamides is 1. The number of nitrogens with zero attached hydrogens (tertiary/aromatic N) is 1. The minimum absolute atomic E-state index is 0.0554. The molecule has 0 aliphatic carbocycles. The Morgan fingerprint density at radius 2 is 1.83 bits per heavy atom. The fourth-order valence-electron chi connectivity index (χ4n) is 1.91. The number of benzene rings is 2. The number of methoxy groups -OCH3 is 1. The Hall–Kier alpha value is -2.98. The number of carbonyl (C=O) groups is 1. The number of hydrogen-bond donors (Lipinski definition) is 2. The third-order valence-corrected chi connectivity index (χ3v) is 4.05. The molecule has 0 saturated carbocycles. The normalized spacial score (nSPS) is 10.9. The summed E-state index contributed by atoms with van der Waals surface area (Å²) in [7, 11) is -2.68. The predicted octanol–water partition coefficient (Wildman–Crippen LogP) is 1.50. The van der Waals surface area contributed by atoms with Crippen LogP contribution in [0.2, 0.25) is 0 Å². The van der Waals surface area contributed by atoms with Gasteiger partial charge in [0.1, 0.15) is 10.6 Å². The third kappa shape index (κ3) is 3.86. The maximum atomic E-state index is 12.2. The predicted molar refractivity (Wildman–Crippen MR) is 85.4 cm³/mol. The van der Waals surface area contributed by atoms with Gasteiger partial charge in [-0.05, 0) is 24.3 Å². The van der Waals surface area contributed by atoms with Crippen LogP contribution in [0.3, 0.4) is 0 Å². The molecule has 3 N–H and O–H groups in total. The van der Waals surface area contributed by atoms with Crippen LogP contribution >= 0.6 is 0 Å². The summed E-state index contributed by atoms with van der Waals surface area (Å²) in [4.78, 5) is 22.0. The number of nitro benzene ring substituents is 1. The lowest BCUT2D eigenvalue weighted by Gasteiger charge is -2.11. The number of ether oxygens (including phenoxy) is 1. The number of non-ortho nitro benzene ring substituents is 1. The molecule has 0 saturated heterocycles. The number of nitrogens with two attached hydrogens (primary N) is 1. The fraction of sp³-hybridized carbons (Fsp3) is 0.0714. The van der Waals surface area contributed by atoms with E-state index >= 15 is 0 Å². The summed E-state index contributed by atoms with van der Waals surface area (Å²) in [5.74, 6) is -0.329. The van der Waals surface area contributed by atoms with E-state index in [9.17, 15) is 23.3 Å². The van der Waals surface area contributed by atoms with Gasteiger partial charge in [0.05, 0.1) is 17.7 Å². The summed E-state index contributed by atoms with van der Waals surface area (Å²) in [5.41, 5.74) is -0.109. The van der Waals surface area contributed by atoms with Crippen molar-refractivity contribution in [3.8, 4) is 5.75 Å². The lowest BCUT2D eigenvalue weighted by atomic mass is 10.2. The first-order valence-electron chi connectivity index (χ1n) is 6.49. The lowest BCUT2D eigenvalue weighted by molar-refractivity contribution is -0.384. The first kappa shape index (κ1) is 17.4. The van der Waals surface area contributed by atoms with E-state index in [-0.39, 0.29) is 21.8 Å². The van der Waals surface area contributed by atoms with Crippen LogP contribution in [0.5, 0.6) is 5.75 Å². The van der Waals surface area contributed by atoms with Gasteiger partial charge in [0, 0.05) is 23.8 Å². The van der Waals surface area contributed by atoms with Crippen molar-refractivity contribution >= 4 is 27.3 Å². The van der Waals surface area contributed by atoms with Crippen LogP contribution < -0.4 is 15.2 Å². The molecule has 0 bridgehead atoms. The lowest BCUT2D eigenvalue weighted by Crippen LogP contribution is -2.18. The van der Waals surface area contributed by atoms with E-state index < -0.39 is 20.9 Å². The van der Waals surface area contributed by atoms with E-state index in [1.54, 1.807) is 0 Å². The average Bonchev–Trinajstić information content (AvgIpc) is 2.53. The highest BCUT2D eigenvalue weighted by molar-refractivity contribution is 7.89. The molecular formula is C14H13N3O6S. The second kappa shape index (κ2) is 6.64. The van der Waals surface area contributed by atoms with Crippen LogP contribution in [-0.2, 0) is 10.0 Å². The van der Waals surface area contributed by atoms with Crippen molar-refractivity contribution in [2.75, 3.05) is 12.4 Å². The monoisotopic (exact) mass is 351 g/mol. The fourth-order valence-corrected chi connectivity index (χ4v) is 2.59. The highest BCUT2D eigenvalue weighted by Crippen LogP contribution is 2.26. The van der Waals surface area contributed by atoms with Gasteiger partial charge in [-0.25, -0.2) is 13.6 Å². The Kier molecular flexibility index (Phi) is 4.81. The van der Waals surface area contributed by atoms with Crippen LogP contribution in [0.15, 0.2) is 47.4 Å². The van der Waals surface area contributed by atoms with Gasteiger partial charge in [-0.3, -0.25) is 14.9 Å². The number of rotatable bonds is 5. The number of nitro groups is 1. The van der Waals surface area contributed by atoms with Crippen molar-refractivity contribution in [2.24, 2.45) is 5.14 Å². The molecule has 0 aromatic heterocycles. The Labute approximate surface area is 137 Å². The minimum Gasteiger partial charge on any atom is -0.497 e. The summed E-state index contributed by atoms with van der Waals surface area (Å²) in [6.07, 6.45) is 0. The van der Waals surface area contributed by atoms with Crippen LogP contribution in [0, 0.1) is 10.1 Å². The number of anilines is 1. The molecule has 0 radical (unpaired) electrons. The van der Waals surface area contributed by atoms with Crippen LogP contribution in [0.25, 0.3) is 0 Å². The quantitative estimate of drug-likeness (QED) is 0.617. The zero-order chi connectivity index (χ0) is 17.9. The third-order valence-electron chi connectivity index (χ3n) is 3.08. The average molecular weight is 351 g/mol. The molecule has 126 valence electrons. The summed E-state index contributed by atoms with van der Waals surface area (Å²) >= 11 is 0. The van der Waals surface area contributed by atoms with Crippen molar-refractivity contribution in [1.82, 2.24) is 0 Å². The Morgan fingerprint density at radius 3 is 2.33 bits per heavy atom. The second-order valence-corrected chi connectivity index (χ2v) is 6.20. The van der Waals surface area contributed by atoms with E-state index in [0.29, 0.717) is 5.75 Å². The highest BCUT2D eigenvalue weighted by atomic mass is 32.2. The first-order chi connectivity index (χ1) is 11.2. The molecule has 9 nitrogen and oxygen atoms in total. The molecule has 2 aromatic carbocycles. The first-order valence-corrected chi connectivity index (χ1v) is 8.03. The largest absolute Gasteiger partial charge is 0.497 e. The zero-order valence-electron chi connectivity index (χ0n) is 12.4. The van der Waals surface area contributed by atoms with Crippen molar-refractivity contribution in [1.29, 1.82) is 0 Å². The number of amides is 1. The van der Waals surface area contributed by atoms with Crippen molar-refractivity contribution in [2.45, 2.75) is 4.90 Å². The molecule has 2 rings (SSSR count). The number of sulfonamides is 1. The van der Waals surface area contributed by atoms with Gasteiger partial charge in [0.25, 0.3) is 11.6 Å². The van der Waals surface area contributed by atoms with Crippen molar-refractivity contribution in [3.63, 3.8) is 0 Å². The molecule has 2 aromatic rings. The minimum atomic E-state index is -4.06. The topological polar surface area (TPSA) is 142 Å². The number of hydrogen-bond acceptors (Lipinski definition) is 6. The summed E-state index contributed by atoms with van der Waals surface area (Å²) < 4.78 is 28.2. The van der Waals surface area contributed by atoms with Crippen molar-refractivity contribution < 1.29 is 22.9 Å². The van der Waals surface area contributed by atoms with E-state index in [1.165, 1.54) is 49.6 Å². The Bertz CT molecular complexity index is 893. The molecule has 0 spiro atoms. The SMILES string of the molecule is COc1ccc(S(N)(=O)=O)c(NC(=O)c2ccc([N+](=O)[O-])cc2)c1. The van der Waals surface area contributed by atoms with Gasteiger partial charge in [-0.2, -0.15) is 0 Å². The van der Waals surface area contributed by atoms with Crippen LogP contribution in [0.1, 0.15) is 10.4 Å². The standard InChI is InChI=1S/C14H13N3O6S/c1-23-11-6-7-13(24(15,21)22)12(8-11)16-14(18)9-2-4-10(5-3-9)17(19)20/h2-8H,1H3,(H,16,18)(H2,15,21,22). The van der Waals surface area contributed by atoms with E-state index in [0.717, 1.165) is 0 Å². The summed E-state index contributed by atoms with van der Waals surface area (Å²) in [6, 6.07) is 8.75. The molecule has 1 amide bonds. The molecule has 24 heavy (non-hydrogen) atoms. The number of carbonyl (C=O) groups excluding carboxylic acids is 1.